The first kappa shape index (κ1) is 21.9. The molecule has 0 unspecified atom stereocenters. The zero-order chi connectivity index (χ0) is 22.3. The summed E-state index contributed by atoms with van der Waals surface area (Å²) in [4.78, 5) is 28.6. The Labute approximate surface area is 187 Å². The second-order valence-corrected chi connectivity index (χ2v) is 7.90. The van der Waals surface area contributed by atoms with Crippen molar-refractivity contribution in [2.45, 2.75) is 13.5 Å². The summed E-state index contributed by atoms with van der Waals surface area (Å²) in [5, 5.41) is 1.13. The van der Waals surface area contributed by atoms with Gasteiger partial charge in [-0.25, -0.2) is 10.2 Å². The molecule has 0 radical (unpaired) electrons. The zero-order valence-corrected chi connectivity index (χ0v) is 18.2. The molecule has 2 aromatic carbocycles. The number of aryl methyl sites for hydroxylation is 1. The minimum absolute atomic E-state index is 0.260. The van der Waals surface area contributed by atoms with Gasteiger partial charge in [0.05, 0.1) is 6.54 Å². The fraction of sp³-hybridized carbons (Fsp3) is 0.333. The molecule has 32 heavy (non-hydrogen) atoms. The largest absolute Gasteiger partial charge is 0.460 e. The molecule has 0 bridgehead atoms. The number of carbonyl (C=O) groups is 2. The van der Waals surface area contributed by atoms with E-state index in [1.807, 2.05) is 37.3 Å². The van der Waals surface area contributed by atoms with Crippen LogP contribution in [0, 0.1) is 6.92 Å². The standard InChI is InChI=1S/C24H28N4O4/c1-18-6-2-4-8-21(18)23(29)25-26-24(30)31-15-14-27-10-12-28(13-11-27)17-20-16-19-7-3-5-9-22(19)32-20/h2-9,16H,10-15,17H2,1H3,(H,25,29)(H,26,30). The van der Waals surface area contributed by atoms with Gasteiger partial charge in [-0.1, -0.05) is 36.4 Å². The second-order valence-electron chi connectivity index (χ2n) is 7.90. The van der Waals surface area contributed by atoms with Crippen molar-refractivity contribution < 1.29 is 18.7 Å². The van der Waals surface area contributed by atoms with E-state index in [0.717, 1.165) is 55.0 Å². The quantitative estimate of drug-likeness (QED) is 0.578. The molecule has 8 nitrogen and oxygen atoms in total. The first-order chi connectivity index (χ1) is 15.6. The van der Waals surface area contributed by atoms with Gasteiger partial charge in [-0.15, -0.1) is 0 Å². The average molecular weight is 437 g/mol. The molecule has 1 fully saturated rings. The maximum atomic E-state index is 12.1. The molecule has 2 N–H and O–H groups in total. The van der Waals surface area contributed by atoms with Crippen molar-refractivity contribution in [2.75, 3.05) is 39.3 Å². The third kappa shape index (κ3) is 5.66. The molecule has 4 rings (SSSR count). The van der Waals surface area contributed by atoms with E-state index in [0.29, 0.717) is 12.1 Å². The number of benzene rings is 2. The molecule has 1 aliphatic heterocycles. The lowest BCUT2D eigenvalue weighted by Crippen LogP contribution is -2.47. The van der Waals surface area contributed by atoms with Crippen molar-refractivity contribution in [3.05, 3.63) is 71.5 Å². The van der Waals surface area contributed by atoms with Crippen molar-refractivity contribution >= 4 is 23.0 Å². The highest BCUT2D eigenvalue weighted by Gasteiger charge is 2.18. The van der Waals surface area contributed by atoms with Crippen LogP contribution in [0.1, 0.15) is 21.7 Å². The van der Waals surface area contributed by atoms with Gasteiger partial charge >= 0.3 is 6.09 Å². The predicted octanol–water partition coefficient (Wildman–Crippen LogP) is 2.93. The summed E-state index contributed by atoms with van der Waals surface area (Å²) < 4.78 is 11.1. The van der Waals surface area contributed by atoms with Crippen LogP contribution < -0.4 is 10.9 Å². The number of fused-ring (bicyclic) bond motifs is 1. The number of furan rings is 1. The number of ether oxygens (including phenoxy) is 1. The van der Waals surface area contributed by atoms with Crippen molar-refractivity contribution in [3.8, 4) is 0 Å². The van der Waals surface area contributed by atoms with Crippen LogP contribution in [0.15, 0.2) is 59.0 Å². The first-order valence-corrected chi connectivity index (χ1v) is 10.8. The minimum Gasteiger partial charge on any atom is -0.460 e. The van der Waals surface area contributed by atoms with Crippen LogP contribution in [0.4, 0.5) is 4.79 Å². The highest BCUT2D eigenvalue weighted by atomic mass is 16.6. The molecule has 1 aromatic heterocycles. The summed E-state index contributed by atoms with van der Waals surface area (Å²) in [7, 11) is 0. The number of rotatable bonds is 6. The van der Waals surface area contributed by atoms with Crippen molar-refractivity contribution in [1.82, 2.24) is 20.7 Å². The van der Waals surface area contributed by atoms with Gasteiger partial charge in [-0.2, -0.15) is 0 Å². The van der Waals surface area contributed by atoms with E-state index in [9.17, 15) is 9.59 Å². The monoisotopic (exact) mass is 436 g/mol. The van der Waals surface area contributed by atoms with Gasteiger partial charge in [0.15, 0.2) is 0 Å². The summed E-state index contributed by atoms with van der Waals surface area (Å²) in [6, 6.07) is 17.3. The van der Waals surface area contributed by atoms with Gasteiger partial charge in [-0.3, -0.25) is 20.0 Å². The van der Waals surface area contributed by atoms with Crippen LogP contribution in [-0.4, -0.2) is 61.1 Å². The Hall–Kier alpha value is -3.36. The fourth-order valence-electron chi connectivity index (χ4n) is 3.81. The van der Waals surface area contributed by atoms with Gasteiger partial charge < -0.3 is 9.15 Å². The van der Waals surface area contributed by atoms with Gasteiger partial charge in [0, 0.05) is 43.7 Å². The first-order valence-electron chi connectivity index (χ1n) is 10.8. The Morgan fingerprint density at radius 2 is 1.69 bits per heavy atom. The van der Waals surface area contributed by atoms with Crippen LogP contribution >= 0.6 is 0 Å². The van der Waals surface area contributed by atoms with E-state index < -0.39 is 6.09 Å². The molecule has 0 saturated carbocycles. The van der Waals surface area contributed by atoms with E-state index in [-0.39, 0.29) is 12.5 Å². The number of amides is 2. The number of para-hydroxylation sites is 1. The third-order valence-electron chi connectivity index (χ3n) is 5.63. The van der Waals surface area contributed by atoms with Crippen molar-refractivity contribution in [2.24, 2.45) is 0 Å². The highest BCUT2D eigenvalue weighted by Crippen LogP contribution is 2.20. The molecule has 3 aromatic rings. The summed E-state index contributed by atoms with van der Waals surface area (Å²) in [5.41, 5.74) is 6.93. The van der Waals surface area contributed by atoms with Gasteiger partial charge in [-0.05, 0) is 30.7 Å². The lowest BCUT2D eigenvalue weighted by Gasteiger charge is -2.33. The van der Waals surface area contributed by atoms with Crippen molar-refractivity contribution in [1.29, 1.82) is 0 Å². The summed E-state index contributed by atoms with van der Waals surface area (Å²) in [6.07, 6.45) is -0.671. The normalized spacial score (nSPS) is 14.9. The molecule has 2 heterocycles. The average Bonchev–Trinajstić information content (AvgIpc) is 3.21. The molecule has 1 aliphatic rings. The molecular formula is C24H28N4O4. The Bertz CT molecular complexity index is 1040. The van der Waals surface area contributed by atoms with Crippen LogP contribution in [0.3, 0.4) is 0 Å². The number of carbonyl (C=O) groups excluding carboxylic acids is 2. The van der Waals surface area contributed by atoms with Gasteiger partial charge in [0.1, 0.15) is 18.0 Å². The second kappa shape index (κ2) is 10.3. The summed E-state index contributed by atoms with van der Waals surface area (Å²) >= 11 is 0. The maximum Gasteiger partial charge on any atom is 0.426 e. The van der Waals surface area contributed by atoms with E-state index in [1.54, 1.807) is 12.1 Å². The number of nitrogens with zero attached hydrogens (tertiary/aromatic N) is 2. The molecule has 0 atom stereocenters. The van der Waals surface area contributed by atoms with Crippen LogP contribution in [0.25, 0.3) is 11.0 Å². The Morgan fingerprint density at radius 1 is 0.969 bits per heavy atom. The molecule has 168 valence electrons. The SMILES string of the molecule is Cc1ccccc1C(=O)NNC(=O)OCCN1CCN(Cc2cc3ccccc3o2)CC1. The number of nitrogens with one attached hydrogen (secondary N) is 2. The topological polar surface area (TPSA) is 87.0 Å². The van der Waals surface area contributed by atoms with Gasteiger partial charge in [0.25, 0.3) is 5.91 Å². The van der Waals surface area contributed by atoms with E-state index in [1.165, 1.54) is 0 Å². The molecule has 1 saturated heterocycles. The highest BCUT2D eigenvalue weighted by molar-refractivity contribution is 5.96. The van der Waals surface area contributed by atoms with Gasteiger partial charge in [0.2, 0.25) is 0 Å². The third-order valence-corrected chi connectivity index (χ3v) is 5.63. The number of piperazine rings is 1. The molecule has 0 aliphatic carbocycles. The lowest BCUT2D eigenvalue weighted by atomic mass is 10.1. The predicted molar refractivity (Wildman–Crippen MR) is 121 cm³/mol. The zero-order valence-electron chi connectivity index (χ0n) is 18.2. The number of hydrogen-bond acceptors (Lipinski definition) is 6. The van der Waals surface area contributed by atoms with Crippen molar-refractivity contribution in [3.63, 3.8) is 0 Å². The summed E-state index contributed by atoms with van der Waals surface area (Å²) in [5.74, 6) is 0.605. The Kier molecular flexibility index (Phi) is 7.03. The van der Waals surface area contributed by atoms with Crippen LogP contribution in [0.2, 0.25) is 0 Å². The molecular weight excluding hydrogens is 408 g/mol. The molecule has 0 spiro atoms. The smallest absolute Gasteiger partial charge is 0.426 e. The van der Waals surface area contributed by atoms with E-state index in [2.05, 4.69) is 32.8 Å². The number of hydrogen-bond donors (Lipinski definition) is 2. The molecule has 8 heteroatoms. The number of hydrazine groups is 1. The van der Waals surface area contributed by atoms with Crippen LogP contribution in [-0.2, 0) is 11.3 Å². The maximum absolute atomic E-state index is 12.1. The fourth-order valence-corrected chi connectivity index (χ4v) is 3.81. The summed E-state index contributed by atoms with van der Waals surface area (Å²) in [6.45, 7) is 7.19. The van der Waals surface area contributed by atoms with E-state index >= 15 is 0 Å². The Morgan fingerprint density at radius 3 is 2.47 bits per heavy atom. The molecule has 2 amide bonds. The lowest BCUT2D eigenvalue weighted by molar-refractivity contribution is 0.0831. The Balaban J connectivity index is 1.12. The minimum atomic E-state index is -0.671. The van der Waals surface area contributed by atoms with Crippen LogP contribution in [0.5, 0.6) is 0 Å². The van der Waals surface area contributed by atoms with E-state index in [4.69, 9.17) is 9.15 Å².